The number of hydrogen-bond acceptors (Lipinski definition) is 1. The molecular weight excluding hydrogens is 324 g/mol. The lowest BCUT2D eigenvalue weighted by Crippen LogP contribution is -2.29. The summed E-state index contributed by atoms with van der Waals surface area (Å²) in [7, 11) is 1.96. The third kappa shape index (κ3) is 2.77. The molecule has 0 spiro atoms. The minimum Gasteiger partial charge on any atom is -0.302 e. The van der Waals surface area contributed by atoms with Gasteiger partial charge in [0.2, 0.25) is 0 Å². The van der Waals surface area contributed by atoms with E-state index in [-0.39, 0.29) is 5.56 Å². The van der Waals surface area contributed by atoms with Crippen molar-refractivity contribution in [2.75, 3.05) is 13.6 Å². The molecule has 3 rings (SSSR count). The molecule has 0 aliphatic heterocycles. The lowest BCUT2D eigenvalue weighted by atomic mass is 9.88. The Morgan fingerprint density at radius 2 is 2.05 bits per heavy atom. The second-order valence-electron chi connectivity index (χ2n) is 6.45. The largest absolute Gasteiger partial charge is 0.302 e. The molecule has 0 N–H and O–H groups in total. The lowest BCUT2D eigenvalue weighted by Gasteiger charge is -2.27. The van der Waals surface area contributed by atoms with Gasteiger partial charge in [-0.2, -0.15) is 0 Å². The highest BCUT2D eigenvalue weighted by molar-refractivity contribution is 9.10. The molecular formula is C16H20BrF2N. The van der Waals surface area contributed by atoms with Crippen LogP contribution in [0.5, 0.6) is 0 Å². The number of hydrogen-bond donors (Lipinski definition) is 0. The monoisotopic (exact) mass is 343 g/mol. The normalized spacial score (nSPS) is 28.6. The van der Waals surface area contributed by atoms with E-state index < -0.39 is 11.6 Å². The van der Waals surface area contributed by atoms with Crippen molar-refractivity contribution in [1.29, 1.82) is 0 Å². The standard InChI is InChI=1S/C16H20BrF2N/c1-20(8-12-7-10-2-3-11(12)6-10)9-13-15(18)5-4-14(17)16(13)19/h4-5,10-12H,2-3,6-9H2,1H3. The van der Waals surface area contributed by atoms with Crippen LogP contribution in [0, 0.1) is 29.4 Å². The predicted octanol–water partition coefficient (Wildman–Crippen LogP) is 4.60. The van der Waals surface area contributed by atoms with E-state index in [1.165, 1.54) is 37.8 Å². The highest BCUT2D eigenvalue weighted by Gasteiger charge is 2.39. The van der Waals surface area contributed by atoms with E-state index in [9.17, 15) is 8.78 Å². The van der Waals surface area contributed by atoms with Gasteiger partial charge in [0.05, 0.1) is 4.47 Å². The van der Waals surface area contributed by atoms with E-state index in [4.69, 9.17) is 0 Å². The second-order valence-corrected chi connectivity index (χ2v) is 7.31. The van der Waals surface area contributed by atoms with Crippen LogP contribution in [0.2, 0.25) is 0 Å². The molecule has 2 aliphatic rings. The van der Waals surface area contributed by atoms with E-state index in [2.05, 4.69) is 20.8 Å². The number of rotatable bonds is 4. The predicted molar refractivity (Wildman–Crippen MR) is 79.3 cm³/mol. The minimum absolute atomic E-state index is 0.171. The van der Waals surface area contributed by atoms with Crippen LogP contribution < -0.4 is 0 Å². The van der Waals surface area contributed by atoms with Gasteiger partial charge in [-0.1, -0.05) is 6.42 Å². The summed E-state index contributed by atoms with van der Waals surface area (Å²) in [6.45, 7) is 1.29. The molecule has 2 saturated carbocycles. The van der Waals surface area contributed by atoms with E-state index in [1.54, 1.807) is 0 Å². The summed E-state index contributed by atoms with van der Waals surface area (Å²) < 4.78 is 28.1. The van der Waals surface area contributed by atoms with Crippen LogP contribution in [-0.2, 0) is 6.54 Å². The summed E-state index contributed by atoms with van der Waals surface area (Å²) in [6, 6.07) is 2.75. The van der Waals surface area contributed by atoms with Gasteiger partial charge in [-0.25, -0.2) is 8.78 Å². The minimum atomic E-state index is -0.468. The van der Waals surface area contributed by atoms with Gasteiger partial charge in [0, 0.05) is 18.7 Å². The maximum atomic E-state index is 14.0. The maximum absolute atomic E-state index is 14.0. The van der Waals surface area contributed by atoms with Crippen LogP contribution in [0.1, 0.15) is 31.2 Å². The summed E-state index contributed by atoms with van der Waals surface area (Å²) >= 11 is 3.12. The van der Waals surface area contributed by atoms with Crippen molar-refractivity contribution in [3.05, 3.63) is 33.8 Å². The number of nitrogens with zero attached hydrogens (tertiary/aromatic N) is 1. The second kappa shape index (κ2) is 5.72. The van der Waals surface area contributed by atoms with E-state index >= 15 is 0 Å². The third-order valence-corrected chi connectivity index (χ3v) is 5.61. The zero-order valence-electron chi connectivity index (χ0n) is 11.7. The molecule has 4 heteroatoms. The van der Waals surface area contributed by atoms with Crippen molar-refractivity contribution in [2.45, 2.75) is 32.2 Å². The number of benzene rings is 1. The Balaban J connectivity index is 1.64. The molecule has 0 aromatic heterocycles. The Hall–Kier alpha value is -0.480. The van der Waals surface area contributed by atoms with Crippen LogP contribution in [-0.4, -0.2) is 18.5 Å². The van der Waals surface area contributed by atoms with Gasteiger partial charge in [-0.05, 0) is 72.1 Å². The molecule has 0 saturated heterocycles. The first-order chi connectivity index (χ1) is 9.54. The quantitative estimate of drug-likeness (QED) is 0.722. The van der Waals surface area contributed by atoms with E-state index in [0.29, 0.717) is 11.0 Å². The van der Waals surface area contributed by atoms with Gasteiger partial charge < -0.3 is 4.90 Å². The summed E-state index contributed by atoms with van der Waals surface area (Å²) in [6.07, 6.45) is 5.42. The Labute approximate surface area is 127 Å². The fourth-order valence-electron chi connectivity index (χ4n) is 4.05. The zero-order valence-corrected chi connectivity index (χ0v) is 13.3. The average molecular weight is 344 g/mol. The van der Waals surface area contributed by atoms with Crippen LogP contribution in [0.25, 0.3) is 0 Å². The highest BCUT2D eigenvalue weighted by atomic mass is 79.9. The molecule has 0 amide bonds. The van der Waals surface area contributed by atoms with Gasteiger partial charge in [0.1, 0.15) is 11.6 Å². The summed E-state index contributed by atoms with van der Waals surface area (Å²) in [5, 5.41) is 0. The molecule has 110 valence electrons. The molecule has 1 aromatic rings. The number of fused-ring (bicyclic) bond motifs is 2. The molecule has 20 heavy (non-hydrogen) atoms. The first-order valence-electron chi connectivity index (χ1n) is 7.35. The molecule has 2 aliphatic carbocycles. The van der Waals surface area contributed by atoms with Gasteiger partial charge >= 0.3 is 0 Å². The molecule has 3 unspecified atom stereocenters. The number of halogens is 3. The van der Waals surface area contributed by atoms with Gasteiger partial charge in [0.15, 0.2) is 0 Å². The molecule has 1 nitrogen and oxygen atoms in total. The summed E-state index contributed by atoms with van der Waals surface area (Å²) in [5.41, 5.74) is 0.171. The van der Waals surface area contributed by atoms with Crippen molar-refractivity contribution in [3.8, 4) is 0 Å². The fourth-order valence-corrected chi connectivity index (χ4v) is 4.42. The van der Waals surface area contributed by atoms with Gasteiger partial charge in [0.25, 0.3) is 0 Å². The van der Waals surface area contributed by atoms with Gasteiger partial charge in [-0.3, -0.25) is 0 Å². The Kier molecular flexibility index (Phi) is 4.14. The van der Waals surface area contributed by atoms with Crippen LogP contribution in [0.15, 0.2) is 16.6 Å². The highest BCUT2D eigenvalue weighted by Crippen LogP contribution is 2.48. The van der Waals surface area contributed by atoms with Crippen LogP contribution >= 0.6 is 15.9 Å². The van der Waals surface area contributed by atoms with Crippen molar-refractivity contribution in [3.63, 3.8) is 0 Å². The average Bonchev–Trinajstić information content (AvgIpc) is 3.01. The topological polar surface area (TPSA) is 3.24 Å². The van der Waals surface area contributed by atoms with E-state index in [1.807, 2.05) is 7.05 Å². The zero-order chi connectivity index (χ0) is 14.3. The Morgan fingerprint density at radius 1 is 1.25 bits per heavy atom. The molecule has 0 radical (unpaired) electrons. The summed E-state index contributed by atoms with van der Waals surface area (Å²) in [5.74, 6) is 1.56. The first kappa shape index (κ1) is 14.5. The molecule has 3 atom stereocenters. The maximum Gasteiger partial charge on any atom is 0.144 e. The molecule has 0 heterocycles. The Bertz CT molecular complexity index is 505. The SMILES string of the molecule is CN(Cc1c(F)ccc(Br)c1F)CC1CC2CCC1C2. The van der Waals surface area contributed by atoms with Crippen molar-refractivity contribution >= 4 is 15.9 Å². The van der Waals surface area contributed by atoms with E-state index in [0.717, 1.165) is 24.3 Å². The third-order valence-electron chi connectivity index (χ3n) is 5.00. The fraction of sp³-hybridized carbons (Fsp3) is 0.625. The molecule has 2 fully saturated rings. The van der Waals surface area contributed by atoms with Crippen LogP contribution in [0.4, 0.5) is 8.78 Å². The van der Waals surface area contributed by atoms with Crippen molar-refractivity contribution in [2.24, 2.45) is 17.8 Å². The van der Waals surface area contributed by atoms with Crippen molar-refractivity contribution < 1.29 is 8.78 Å². The summed E-state index contributed by atoms with van der Waals surface area (Å²) in [4.78, 5) is 2.07. The molecule has 2 bridgehead atoms. The molecule has 1 aromatic carbocycles. The smallest absolute Gasteiger partial charge is 0.144 e. The lowest BCUT2D eigenvalue weighted by molar-refractivity contribution is 0.211. The first-order valence-corrected chi connectivity index (χ1v) is 8.14. The Morgan fingerprint density at radius 3 is 2.70 bits per heavy atom. The van der Waals surface area contributed by atoms with Crippen molar-refractivity contribution in [1.82, 2.24) is 4.90 Å². The van der Waals surface area contributed by atoms with Crippen LogP contribution in [0.3, 0.4) is 0 Å². The van der Waals surface area contributed by atoms with Gasteiger partial charge in [-0.15, -0.1) is 0 Å².